The minimum Gasteiger partial charge on any atom is -0.462 e. The number of hydrogen-bond acceptors (Lipinski definition) is 7. The monoisotopic (exact) mass is 718 g/mol. The number of phosphoric ester groups is 1. The van der Waals surface area contributed by atoms with E-state index < -0.39 is 32.5 Å². The van der Waals surface area contributed by atoms with Gasteiger partial charge >= 0.3 is 19.8 Å². The molecule has 0 saturated heterocycles. The van der Waals surface area contributed by atoms with E-state index in [1.807, 2.05) is 12.2 Å². The molecule has 9 heteroatoms. The maximum absolute atomic E-state index is 12.4. The van der Waals surface area contributed by atoms with Gasteiger partial charge < -0.3 is 14.4 Å². The minimum atomic E-state index is -4.30. The lowest BCUT2D eigenvalue weighted by Gasteiger charge is -2.19. The summed E-state index contributed by atoms with van der Waals surface area (Å²) in [7, 11) is -4.30. The highest BCUT2D eigenvalue weighted by Gasteiger charge is 2.25. The highest BCUT2D eigenvalue weighted by molar-refractivity contribution is 7.47. The van der Waals surface area contributed by atoms with Gasteiger partial charge in [0.25, 0.3) is 0 Å². The Morgan fingerprint density at radius 2 is 1.00 bits per heavy atom. The molecule has 2 unspecified atom stereocenters. The van der Waals surface area contributed by atoms with Gasteiger partial charge in [-0.25, -0.2) is 4.57 Å². The summed E-state index contributed by atoms with van der Waals surface area (Å²) in [6.07, 6.45) is 45.1. The largest absolute Gasteiger partial charge is 0.472 e. The van der Waals surface area contributed by atoms with Crippen molar-refractivity contribution >= 4 is 19.8 Å². The van der Waals surface area contributed by atoms with Gasteiger partial charge in [-0.05, 0) is 77.6 Å². The summed E-state index contributed by atoms with van der Waals surface area (Å²) in [5.41, 5.74) is 0. The van der Waals surface area contributed by atoms with Crippen molar-refractivity contribution in [3.05, 3.63) is 85.1 Å². The molecule has 0 saturated carbocycles. The molecule has 8 nitrogen and oxygen atoms in total. The van der Waals surface area contributed by atoms with E-state index in [0.29, 0.717) is 6.42 Å². The lowest BCUT2D eigenvalue weighted by atomic mass is 10.1. The first-order chi connectivity index (χ1) is 24.3. The van der Waals surface area contributed by atoms with Crippen LogP contribution in [0, 0.1) is 0 Å². The van der Waals surface area contributed by atoms with E-state index in [1.165, 1.54) is 19.3 Å². The lowest BCUT2D eigenvalue weighted by Crippen LogP contribution is -2.29. The van der Waals surface area contributed by atoms with Gasteiger partial charge in [0, 0.05) is 12.8 Å². The molecule has 50 heavy (non-hydrogen) atoms. The molecule has 0 aromatic heterocycles. The number of hydrogen-bond donors (Lipinski definition) is 1. The molecule has 0 aromatic carbocycles. The highest BCUT2D eigenvalue weighted by Crippen LogP contribution is 2.43. The van der Waals surface area contributed by atoms with Crippen LogP contribution in [0.3, 0.4) is 0 Å². The second kappa shape index (κ2) is 36.0. The van der Waals surface area contributed by atoms with Gasteiger partial charge in [-0.1, -0.05) is 131 Å². The molecule has 0 aliphatic rings. The number of allylic oxidation sites excluding steroid dienone is 14. The topological polar surface area (TPSA) is 108 Å². The van der Waals surface area contributed by atoms with Crippen molar-refractivity contribution in [1.29, 1.82) is 0 Å². The molecule has 0 rings (SSSR count). The van der Waals surface area contributed by atoms with Gasteiger partial charge in [-0.3, -0.25) is 18.6 Å². The zero-order valence-electron chi connectivity index (χ0n) is 31.3. The maximum Gasteiger partial charge on any atom is 0.472 e. The number of ether oxygens (including phenoxy) is 2. The van der Waals surface area contributed by atoms with Crippen molar-refractivity contribution in [3.8, 4) is 0 Å². The molecular formula is C41H67O8P. The number of phosphoric acid groups is 1. The Kier molecular flexibility index (Phi) is 34.0. The lowest BCUT2D eigenvalue weighted by molar-refractivity contribution is -0.161. The van der Waals surface area contributed by atoms with Gasteiger partial charge in [-0.15, -0.1) is 0 Å². The third-order valence-electron chi connectivity index (χ3n) is 7.21. The molecule has 1 N–H and O–H groups in total. The molecular weight excluding hydrogens is 651 g/mol. The smallest absolute Gasteiger partial charge is 0.462 e. The molecule has 0 aromatic rings. The van der Waals surface area contributed by atoms with Crippen LogP contribution in [0.15, 0.2) is 85.1 Å². The SMILES string of the molecule is CC/C=C\C/C=C\C/C=C\C/C=C\CCC(=O)OC(COC(=O)CCCCCCCCC/C=C\C/C=C\C/C=C\CC)COP(=O)(O)OCC. The summed E-state index contributed by atoms with van der Waals surface area (Å²) < 4.78 is 32.4. The number of unbranched alkanes of at least 4 members (excludes halogenated alkanes) is 7. The van der Waals surface area contributed by atoms with Gasteiger partial charge in [0.2, 0.25) is 0 Å². The normalized spacial score (nSPS) is 14.4. The van der Waals surface area contributed by atoms with Gasteiger partial charge in [0.15, 0.2) is 6.10 Å². The van der Waals surface area contributed by atoms with Crippen LogP contribution in [0.5, 0.6) is 0 Å². The summed E-state index contributed by atoms with van der Waals surface area (Å²) >= 11 is 0. The Morgan fingerprint density at radius 1 is 0.540 bits per heavy atom. The van der Waals surface area contributed by atoms with Crippen molar-refractivity contribution in [3.63, 3.8) is 0 Å². The van der Waals surface area contributed by atoms with Crippen LogP contribution < -0.4 is 0 Å². The molecule has 0 aliphatic heterocycles. The first kappa shape index (κ1) is 47.2. The van der Waals surface area contributed by atoms with Crippen LogP contribution in [0.2, 0.25) is 0 Å². The van der Waals surface area contributed by atoms with E-state index in [0.717, 1.165) is 77.0 Å². The second-order valence-electron chi connectivity index (χ2n) is 11.8. The summed E-state index contributed by atoms with van der Waals surface area (Å²) in [5.74, 6) is -0.914. The first-order valence-electron chi connectivity index (χ1n) is 18.9. The van der Waals surface area contributed by atoms with E-state index in [2.05, 4.69) is 86.8 Å². The molecule has 284 valence electrons. The predicted octanol–water partition coefficient (Wildman–Crippen LogP) is 11.5. The number of esters is 2. The Morgan fingerprint density at radius 3 is 1.52 bits per heavy atom. The average molecular weight is 719 g/mol. The Labute approximate surface area is 304 Å². The number of rotatable bonds is 33. The van der Waals surface area contributed by atoms with Crippen LogP contribution in [0.25, 0.3) is 0 Å². The van der Waals surface area contributed by atoms with Gasteiger partial charge in [-0.2, -0.15) is 0 Å². The van der Waals surface area contributed by atoms with Crippen molar-refractivity contribution in [2.45, 2.75) is 142 Å². The molecule has 0 aliphatic carbocycles. The van der Waals surface area contributed by atoms with Crippen molar-refractivity contribution in [1.82, 2.24) is 0 Å². The zero-order chi connectivity index (χ0) is 36.8. The quantitative estimate of drug-likeness (QED) is 0.0309. The molecule has 0 spiro atoms. The molecule has 0 fully saturated rings. The van der Waals surface area contributed by atoms with Crippen LogP contribution in [-0.4, -0.2) is 42.8 Å². The van der Waals surface area contributed by atoms with Crippen LogP contribution in [0.4, 0.5) is 0 Å². The van der Waals surface area contributed by atoms with Crippen LogP contribution >= 0.6 is 7.82 Å². The number of carbonyl (C=O) groups is 2. The molecule has 0 bridgehead atoms. The summed E-state index contributed by atoms with van der Waals surface area (Å²) in [5, 5.41) is 0. The Hall–Kier alpha value is -2.77. The van der Waals surface area contributed by atoms with E-state index >= 15 is 0 Å². The number of carbonyl (C=O) groups excluding carboxylic acids is 2. The predicted molar refractivity (Wildman–Crippen MR) is 207 cm³/mol. The van der Waals surface area contributed by atoms with E-state index in [9.17, 15) is 19.0 Å². The highest BCUT2D eigenvalue weighted by atomic mass is 31.2. The van der Waals surface area contributed by atoms with Crippen molar-refractivity contribution < 1.29 is 37.6 Å². The van der Waals surface area contributed by atoms with Crippen molar-refractivity contribution in [2.75, 3.05) is 19.8 Å². The summed E-state index contributed by atoms with van der Waals surface area (Å²) in [6.45, 7) is 5.11. The average Bonchev–Trinajstić information content (AvgIpc) is 3.09. The summed E-state index contributed by atoms with van der Waals surface area (Å²) in [6, 6.07) is 0. The fourth-order valence-electron chi connectivity index (χ4n) is 4.54. The third kappa shape index (κ3) is 35.1. The molecule has 0 heterocycles. The molecule has 0 amide bonds. The fraction of sp³-hybridized carbons (Fsp3) is 0.610. The molecule has 0 radical (unpaired) electrons. The first-order valence-corrected chi connectivity index (χ1v) is 20.4. The van der Waals surface area contributed by atoms with Crippen LogP contribution in [-0.2, 0) is 32.7 Å². The Balaban J connectivity index is 4.26. The fourth-order valence-corrected chi connectivity index (χ4v) is 5.29. The van der Waals surface area contributed by atoms with Crippen LogP contribution in [0.1, 0.15) is 136 Å². The Bertz CT molecular complexity index is 1090. The maximum atomic E-state index is 12.4. The van der Waals surface area contributed by atoms with E-state index in [1.54, 1.807) is 6.92 Å². The summed E-state index contributed by atoms with van der Waals surface area (Å²) in [4.78, 5) is 34.5. The second-order valence-corrected chi connectivity index (χ2v) is 13.3. The zero-order valence-corrected chi connectivity index (χ0v) is 32.2. The third-order valence-corrected chi connectivity index (χ3v) is 8.27. The van der Waals surface area contributed by atoms with Crippen molar-refractivity contribution in [2.24, 2.45) is 0 Å². The minimum absolute atomic E-state index is 0.0186. The van der Waals surface area contributed by atoms with Gasteiger partial charge in [0.1, 0.15) is 6.61 Å². The van der Waals surface area contributed by atoms with E-state index in [4.69, 9.17) is 18.5 Å². The standard InChI is InChI=1S/C41H67O8P/c1-4-7-9-11-13-15-17-19-20-21-22-24-25-27-29-31-33-35-40(42)46-37-39(38-48-50(44,45)47-6-3)49-41(43)36-34-32-30-28-26-23-18-16-14-12-10-8-5-2/h7-10,13-16,19-20,23,26,30,32,39H,4-6,11-12,17-18,21-22,24-25,27-29,31,33-38H2,1-3H3,(H,44,45)/b9-7-,10-8-,15-13-,16-14-,20-19-,26-23-,32-30-. The molecule has 2 atom stereocenters. The van der Waals surface area contributed by atoms with Gasteiger partial charge in [0.05, 0.1) is 13.2 Å². The van der Waals surface area contributed by atoms with E-state index in [-0.39, 0.29) is 26.1 Å².